The summed E-state index contributed by atoms with van der Waals surface area (Å²) >= 11 is 3.39. The Morgan fingerprint density at radius 3 is 2.20 bits per heavy atom. The molecule has 4 rings (SSSR count). The second-order valence-corrected chi connectivity index (χ2v) is 10.5. The Labute approximate surface area is 214 Å². The molecule has 1 aliphatic heterocycles. The van der Waals surface area contributed by atoms with E-state index in [0.717, 1.165) is 21.2 Å². The first-order valence-corrected chi connectivity index (χ1v) is 12.2. The number of nitrogens with zero attached hydrogens (tertiary/aromatic N) is 1. The second kappa shape index (κ2) is 9.70. The van der Waals surface area contributed by atoms with Crippen molar-refractivity contribution in [2.75, 3.05) is 7.11 Å². The van der Waals surface area contributed by atoms with Crippen LogP contribution in [0.3, 0.4) is 0 Å². The molecule has 0 radical (unpaired) electrons. The summed E-state index contributed by atoms with van der Waals surface area (Å²) in [6, 6.07) is 21.6. The SMILES string of the molecule is COc1ccccc1CN1C(=O)C(=O)/C(=C(\O)c2ccc(Br)cc2)C1c1ccc(C(C)(C)C)cc1. The third kappa shape index (κ3) is 4.89. The molecule has 1 heterocycles. The van der Waals surface area contributed by atoms with Crippen molar-refractivity contribution >= 4 is 33.4 Å². The van der Waals surface area contributed by atoms with Crippen molar-refractivity contribution in [1.29, 1.82) is 0 Å². The summed E-state index contributed by atoms with van der Waals surface area (Å²) in [5.41, 5.74) is 3.17. The second-order valence-electron chi connectivity index (χ2n) is 9.62. The number of rotatable bonds is 5. The van der Waals surface area contributed by atoms with Gasteiger partial charge in [-0.15, -0.1) is 0 Å². The van der Waals surface area contributed by atoms with Gasteiger partial charge in [0.25, 0.3) is 11.7 Å². The number of para-hydroxylation sites is 1. The van der Waals surface area contributed by atoms with Gasteiger partial charge >= 0.3 is 0 Å². The van der Waals surface area contributed by atoms with Gasteiger partial charge in [0.2, 0.25) is 0 Å². The number of likely N-dealkylation sites (tertiary alicyclic amines) is 1. The number of ketones is 1. The number of amides is 1. The molecule has 0 aliphatic carbocycles. The van der Waals surface area contributed by atoms with E-state index in [1.807, 2.05) is 48.5 Å². The Bertz CT molecular complexity index is 1290. The summed E-state index contributed by atoms with van der Waals surface area (Å²) in [4.78, 5) is 28.1. The molecule has 3 aromatic rings. The number of halogens is 1. The van der Waals surface area contributed by atoms with E-state index < -0.39 is 17.7 Å². The Morgan fingerprint density at radius 2 is 1.60 bits per heavy atom. The first kappa shape index (κ1) is 24.7. The van der Waals surface area contributed by atoms with Crippen LogP contribution in [0, 0.1) is 0 Å². The van der Waals surface area contributed by atoms with Crippen LogP contribution >= 0.6 is 15.9 Å². The molecule has 1 unspecified atom stereocenters. The van der Waals surface area contributed by atoms with Crippen molar-refractivity contribution in [3.8, 4) is 5.75 Å². The molecule has 180 valence electrons. The number of aliphatic hydroxyl groups excluding tert-OH is 1. The molecule has 0 bridgehead atoms. The minimum atomic E-state index is -0.738. The van der Waals surface area contributed by atoms with Gasteiger partial charge in [-0.2, -0.15) is 0 Å². The predicted molar refractivity (Wildman–Crippen MR) is 140 cm³/mol. The van der Waals surface area contributed by atoms with E-state index >= 15 is 0 Å². The molecule has 5 nitrogen and oxygen atoms in total. The van der Waals surface area contributed by atoms with Gasteiger partial charge in [0.1, 0.15) is 11.5 Å². The van der Waals surface area contributed by atoms with Crippen molar-refractivity contribution in [3.63, 3.8) is 0 Å². The zero-order valence-corrected chi connectivity index (χ0v) is 21.8. The van der Waals surface area contributed by atoms with E-state index in [9.17, 15) is 14.7 Å². The molecule has 3 aromatic carbocycles. The lowest BCUT2D eigenvalue weighted by atomic mass is 9.85. The Kier molecular flexibility index (Phi) is 6.86. The molecule has 6 heteroatoms. The first-order valence-electron chi connectivity index (χ1n) is 11.4. The van der Waals surface area contributed by atoms with Crippen LogP contribution in [0.2, 0.25) is 0 Å². The highest BCUT2D eigenvalue weighted by atomic mass is 79.9. The molecule has 0 spiro atoms. The highest BCUT2D eigenvalue weighted by Crippen LogP contribution is 2.41. The average Bonchev–Trinajstić information content (AvgIpc) is 3.09. The van der Waals surface area contributed by atoms with E-state index in [4.69, 9.17) is 4.74 Å². The molecule has 1 saturated heterocycles. The van der Waals surface area contributed by atoms with Crippen molar-refractivity contribution in [2.24, 2.45) is 0 Å². The lowest BCUT2D eigenvalue weighted by Crippen LogP contribution is -2.29. The highest BCUT2D eigenvalue weighted by Gasteiger charge is 2.46. The van der Waals surface area contributed by atoms with Crippen LogP contribution in [0.1, 0.15) is 49.1 Å². The molecule has 0 saturated carbocycles. The maximum absolute atomic E-state index is 13.3. The summed E-state index contributed by atoms with van der Waals surface area (Å²) in [5, 5.41) is 11.2. The highest BCUT2D eigenvalue weighted by molar-refractivity contribution is 9.10. The fourth-order valence-corrected chi connectivity index (χ4v) is 4.60. The number of aliphatic hydroxyl groups is 1. The number of benzene rings is 3. The van der Waals surface area contributed by atoms with Crippen LogP contribution < -0.4 is 4.74 Å². The van der Waals surface area contributed by atoms with Gasteiger partial charge in [0.05, 0.1) is 25.3 Å². The van der Waals surface area contributed by atoms with Crippen molar-refractivity contribution < 1.29 is 19.4 Å². The number of Topliss-reactive ketones (excluding diaryl/α,β-unsaturated/α-hetero) is 1. The monoisotopic (exact) mass is 533 g/mol. The van der Waals surface area contributed by atoms with E-state index in [2.05, 4.69) is 36.7 Å². The van der Waals surface area contributed by atoms with Gasteiger partial charge in [-0.05, 0) is 34.7 Å². The normalized spacial score (nSPS) is 17.6. The molecule has 1 atom stereocenters. The van der Waals surface area contributed by atoms with Gasteiger partial charge in [-0.25, -0.2) is 0 Å². The van der Waals surface area contributed by atoms with E-state index in [-0.39, 0.29) is 23.3 Å². The standard InChI is InChI=1S/C29H28BrNO4/c1-29(2,3)21-13-9-18(10-14-21)25-24(26(32)19-11-15-22(30)16-12-19)27(33)28(34)31(25)17-20-7-5-6-8-23(20)35-4/h5-16,25,32H,17H2,1-4H3/b26-24-. The number of ether oxygens (including phenoxy) is 1. The van der Waals surface area contributed by atoms with E-state index in [1.165, 1.54) is 4.90 Å². The van der Waals surface area contributed by atoms with Gasteiger partial charge in [0, 0.05) is 15.6 Å². The first-order chi connectivity index (χ1) is 16.6. The van der Waals surface area contributed by atoms with E-state index in [1.54, 1.807) is 31.4 Å². The van der Waals surface area contributed by atoms with Gasteiger partial charge in [0.15, 0.2) is 0 Å². The van der Waals surface area contributed by atoms with Gasteiger partial charge in [-0.3, -0.25) is 9.59 Å². The Hall–Kier alpha value is -3.38. The summed E-state index contributed by atoms with van der Waals surface area (Å²) < 4.78 is 6.33. The quantitative estimate of drug-likeness (QED) is 0.235. The molecule has 1 aliphatic rings. The molecule has 1 fully saturated rings. The molecule has 1 N–H and O–H groups in total. The third-order valence-electron chi connectivity index (χ3n) is 6.28. The average molecular weight is 534 g/mol. The Balaban J connectivity index is 1.86. The summed E-state index contributed by atoms with van der Waals surface area (Å²) in [6.07, 6.45) is 0. The van der Waals surface area contributed by atoms with Crippen molar-refractivity contribution in [3.05, 3.63) is 105 Å². The molecular weight excluding hydrogens is 506 g/mol. The molecule has 35 heavy (non-hydrogen) atoms. The lowest BCUT2D eigenvalue weighted by Gasteiger charge is -2.27. The van der Waals surface area contributed by atoms with Crippen LogP contribution in [-0.2, 0) is 21.5 Å². The van der Waals surface area contributed by atoms with Crippen molar-refractivity contribution in [2.45, 2.75) is 38.8 Å². The maximum atomic E-state index is 13.3. The largest absolute Gasteiger partial charge is 0.507 e. The van der Waals surface area contributed by atoms with Crippen molar-refractivity contribution in [1.82, 2.24) is 4.90 Å². The smallest absolute Gasteiger partial charge is 0.295 e. The molecule has 0 aromatic heterocycles. The fourth-order valence-electron chi connectivity index (χ4n) is 4.34. The van der Waals surface area contributed by atoms with Crippen LogP contribution in [0.4, 0.5) is 0 Å². The van der Waals surface area contributed by atoms with Crippen LogP contribution in [0.25, 0.3) is 5.76 Å². The minimum Gasteiger partial charge on any atom is -0.507 e. The van der Waals surface area contributed by atoms with Gasteiger partial charge in [-0.1, -0.05) is 91.3 Å². The van der Waals surface area contributed by atoms with Crippen LogP contribution in [0.15, 0.2) is 82.8 Å². The topological polar surface area (TPSA) is 66.8 Å². The van der Waals surface area contributed by atoms with E-state index in [0.29, 0.717) is 11.3 Å². The number of methoxy groups -OCH3 is 1. The Morgan fingerprint density at radius 1 is 0.971 bits per heavy atom. The molecular formula is C29H28BrNO4. The summed E-state index contributed by atoms with van der Waals surface area (Å²) in [6.45, 7) is 6.55. The number of hydrogen-bond donors (Lipinski definition) is 1. The number of carbonyl (C=O) groups excluding carboxylic acids is 2. The lowest BCUT2D eigenvalue weighted by molar-refractivity contribution is -0.140. The fraction of sp³-hybridized carbons (Fsp3) is 0.241. The summed E-state index contributed by atoms with van der Waals surface area (Å²) in [5.74, 6) is -0.919. The third-order valence-corrected chi connectivity index (χ3v) is 6.81. The minimum absolute atomic E-state index is 0.0465. The number of hydrogen-bond acceptors (Lipinski definition) is 4. The molecule has 1 amide bonds. The maximum Gasteiger partial charge on any atom is 0.295 e. The zero-order chi connectivity index (χ0) is 25.3. The summed E-state index contributed by atoms with van der Waals surface area (Å²) in [7, 11) is 1.57. The number of carbonyl (C=O) groups is 2. The zero-order valence-electron chi connectivity index (χ0n) is 20.2. The van der Waals surface area contributed by atoms with Gasteiger partial charge < -0.3 is 14.7 Å². The van der Waals surface area contributed by atoms with Crippen LogP contribution in [-0.4, -0.2) is 28.8 Å². The van der Waals surface area contributed by atoms with Crippen LogP contribution in [0.5, 0.6) is 5.75 Å². The predicted octanol–water partition coefficient (Wildman–Crippen LogP) is 6.38.